The minimum atomic E-state index is -0.260. The molecule has 6 rings (SSSR count). The van der Waals surface area contributed by atoms with E-state index < -0.39 is 0 Å². The zero-order chi connectivity index (χ0) is 32.8. The molecule has 11 atom stereocenters. The Labute approximate surface area is 282 Å². The molecule has 6 aliphatic rings. The Bertz CT molecular complexity index is 1190. The van der Waals surface area contributed by atoms with Gasteiger partial charge < -0.3 is 10.6 Å². The van der Waals surface area contributed by atoms with Crippen LogP contribution in [0.2, 0.25) is 0 Å². The van der Waals surface area contributed by atoms with Gasteiger partial charge in [-0.1, -0.05) is 72.0 Å². The Balaban J connectivity index is 1.000. The van der Waals surface area contributed by atoms with Crippen molar-refractivity contribution in [3.63, 3.8) is 0 Å². The zero-order valence-corrected chi connectivity index (χ0v) is 30.1. The van der Waals surface area contributed by atoms with E-state index in [9.17, 15) is 14.4 Å². The van der Waals surface area contributed by atoms with Gasteiger partial charge in [0, 0.05) is 23.3 Å². The van der Waals surface area contributed by atoms with Gasteiger partial charge in [0.15, 0.2) is 0 Å². The molecule has 258 valence electrons. The number of hydrogen-bond donors (Lipinski definition) is 3. The molecule has 8 heteroatoms. The van der Waals surface area contributed by atoms with Crippen LogP contribution in [0.5, 0.6) is 0 Å². The van der Waals surface area contributed by atoms with E-state index >= 15 is 0 Å². The van der Waals surface area contributed by atoms with Gasteiger partial charge in [0.1, 0.15) is 0 Å². The highest BCUT2D eigenvalue weighted by Gasteiger charge is 2.59. The first-order valence-electron chi connectivity index (χ1n) is 18.9. The number of nitrogens with one attached hydrogen (secondary N) is 2. The lowest BCUT2D eigenvalue weighted by atomic mass is 9.46. The number of nitrogens with zero attached hydrogens (tertiary/aromatic N) is 1. The molecule has 4 N–H and O–H groups in total. The Morgan fingerprint density at radius 2 is 1.83 bits per heavy atom. The lowest BCUT2D eigenvalue weighted by Gasteiger charge is -2.58. The van der Waals surface area contributed by atoms with Gasteiger partial charge in [0.25, 0.3) is 0 Å². The van der Waals surface area contributed by atoms with Crippen LogP contribution in [-0.2, 0) is 9.59 Å². The molecule has 46 heavy (non-hydrogen) atoms. The van der Waals surface area contributed by atoms with E-state index in [0.717, 1.165) is 78.9 Å². The molecule has 4 amide bonds. The summed E-state index contributed by atoms with van der Waals surface area (Å²) < 4.78 is 0. The maximum Gasteiger partial charge on any atom is 0.315 e. The molecule has 4 aliphatic carbocycles. The van der Waals surface area contributed by atoms with Crippen molar-refractivity contribution in [2.75, 3.05) is 5.75 Å². The van der Waals surface area contributed by atoms with E-state index in [0.29, 0.717) is 29.4 Å². The second-order valence-electron chi connectivity index (χ2n) is 17.2. The van der Waals surface area contributed by atoms with Crippen LogP contribution in [0.15, 0.2) is 11.6 Å². The van der Waals surface area contributed by atoms with Crippen molar-refractivity contribution < 1.29 is 14.4 Å². The number of allylic oxidation sites excluding steroid dienone is 2. The minimum Gasteiger partial charge on any atom is -0.332 e. The van der Waals surface area contributed by atoms with E-state index in [1.165, 1.54) is 50.5 Å². The fourth-order valence-corrected chi connectivity index (χ4v) is 13.1. The number of imide groups is 1. The van der Waals surface area contributed by atoms with Crippen LogP contribution in [0.4, 0.5) is 4.79 Å². The summed E-state index contributed by atoms with van der Waals surface area (Å²) >= 11 is 1.89. The lowest BCUT2D eigenvalue weighted by molar-refractivity contribution is -0.149. The molecule has 0 aromatic rings. The number of urea groups is 1. The topological polar surface area (TPSA) is 105 Å². The number of fused-ring (bicyclic) bond motifs is 6. The standard InChI is InChI=1S/C38H62N4O3S/c1-23(2)9-8-10-24(3)28-15-16-29-27-14-13-26-21-25(17-19-37(26,4)30(27)18-20-38(28,29)5)35(44)42(39)33(43)12-7-6-11-32-34-31(22-46-32)40-36(45)41-34/h13,23-25,27-32,34H,6-12,14-22,39H2,1-5H3,(H2,40,41,45)/t24-,25?,27?,28-,29?,30?,31+,32+,34+,37+,38-/m1/s1. The first-order valence-corrected chi connectivity index (χ1v) is 20.0. The maximum atomic E-state index is 13.5. The van der Waals surface area contributed by atoms with E-state index in [2.05, 4.69) is 51.3 Å². The van der Waals surface area contributed by atoms with E-state index in [1.807, 2.05) is 11.8 Å². The summed E-state index contributed by atoms with van der Waals surface area (Å²) in [5.41, 5.74) is 2.13. The third-order valence-electron chi connectivity index (χ3n) is 14.2. The monoisotopic (exact) mass is 654 g/mol. The molecule has 5 fully saturated rings. The molecule has 2 aliphatic heterocycles. The van der Waals surface area contributed by atoms with Gasteiger partial charge in [-0.2, -0.15) is 11.8 Å². The number of carbonyl (C=O) groups is 3. The Morgan fingerprint density at radius 3 is 2.61 bits per heavy atom. The number of unbranched alkanes of at least 4 members (excludes halogenated alkanes) is 1. The van der Waals surface area contributed by atoms with E-state index in [-0.39, 0.29) is 41.3 Å². The average molecular weight is 655 g/mol. The third kappa shape index (κ3) is 6.44. The molecular formula is C38H62N4O3S. The summed E-state index contributed by atoms with van der Waals surface area (Å²) in [5, 5.41) is 7.35. The number of amides is 4. The van der Waals surface area contributed by atoms with Gasteiger partial charge in [-0.25, -0.2) is 15.6 Å². The molecule has 2 saturated heterocycles. The van der Waals surface area contributed by atoms with E-state index in [4.69, 9.17) is 5.84 Å². The zero-order valence-electron chi connectivity index (χ0n) is 29.3. The van der Waals surface area contributed by atoms with Crippen LogP contribution in [-0.4, -0.2) is 45.9 Å². The van der Waals surface area contributed by atoms with Crippen molar-refractivity contribution >= 4 is 29.6 Å². The summed E-state index contributed by atoms with van der Waals surface area (Å²) in [4.78, 5) is 38.1. The smallest absolute Gasteiger partial charge is 0.315 e. The fourth-order valence-electron chi connectivity index (χ4n) is 11.6. The van der Waals surface area contributed by atoms with Crippen molar-refractivity contribution in [2.45, 2.75) is 148 Å². The minimum absolute atomic E-state index is 0.0683. The van der Waals surface area contributed by atoms with Crippen LogP contribution >= 0.6 is 11.8 Å². The SMILES string of the molecule is CC(C)CCC[C@@H](C)[C@H]1CCC2C3CC=C4CC(C(=O)N(N)C(=O)CCCC[C@@H]5SC[C@@H]6NC(=O)N[C@@H]65)CC[C@]4(C)C3CC[C@@]21C. The predicted molar refractivity (Wildman–Crippen MR) is 187 cm³/mol. The quantitative estimate of drug-likeness (QED) is 0.0532. The summed E-state index contributed by atoms with van der Waals surface area (Å²) in [5.74, 6) is 11.3. The van der Waals surface area contributed by atoms with Gasteiger partial charge in [0.05, 0.1) is 12.1 Å². The molecule has 0 radical (unpaired) electrons. The highest BCUT2D eigenvalue weighted by atomic mass is 32.2. The molecule has 3 saturated carbocycles. The number of hydrogen-bond acceptors (Lipinski definition) is 5. The van der Waals surface area contributed by atoms with Crippen LogP contribution in [0.25, 0.3) is 0 Å². The molecule has 2 heterocycles. The number of rotatable bonds is 11. The van der Waals surface area contributed by atoms with Gasteiger partial charge in [-0.15, -0.1) is 0 Å². The summed E-state index contributed by atoms with van der Waals surface area (Å²) in [6.45, 7) is 12.4. The third-order valence-corrected chi connectivity index (χ3v) is 15.7. The summed E-state index contributed by atoms with van der Waals surface area (Å²) in [6, 6.07) is 0.333. The number of thioether (sulfide) groups is 1. The normalized spacial score (nSPS) is 40.2. The second kappa shape index (κ2) is 13.8. The highest BCUT2D eigenvalue weighted by molar-refractivity contribution is 8.00. The average Bonchev–Trinajstić information content (AvgIpc) is 3.69. The lowest BCUT2D eigenvalue weighted by Crippen LogP contribution is -2.52. The van der Waals surface area contributed by atoms with Gasteiger partial charge in [-0.3, -0.25) is 9.59 Å². The predicted octanol–water partition coefficient (Wildman–Crippen LogP) is 7.60. The summed E-state index contributed by atoms with van der Waals surface area (Å²) in [7, 11) is 0. The largest absolute Gasteiger partial charge is 0.332 e. The fraction of sp³-hybridized carbons (Fsp3) is 0.868. The molecule has 0 aromatic heterocycles. The molecule has 0 aromatic carbocycles. The number of hydrazine groups is 1. The molecule has 4 unspecified atom stereocenters. The second-order valence-corrected chi connectivity index (χ2v) is 18.5. The maximum absolute atomic E-state index is 13.5. The highest BCUT2D eigenvalue weighted by Crippen LogP contribution is 2.67. The molecular weight excluding hydrogens is 593 g/mol. The molecule has 7 nitrogen and oxygen atoms in total. The van der Waals surface area contributed by atoms with Crippen LogP contribution < -0.4 is 16.5 Å². The molecule has 0 spiro atoms. The van der Waals surface area contributed by atoms with Gasteiger partial charge in [0.2, 0.25) is 11.8 Å². The van der Waals surface area contributed by atoms with E-state index in [1.54, 1.807) is 0 Å². The van der Waals surface area contributed by atoms with Gasteiger partial charge >= 0.3 is 6.03 Å². The van der Waals surface area contributed by atoms with Gasteiger partial charge in [-0.05, 0) is 111 Å². The van der Waals surface area contributed by atoms with Crippen LogP contribution in [0.1, 0.15) is 131 Å². The summed E-state index contributed by atoms with van der Waals surface area (Å²) in [6.07, 6.45) is 18.8. The van der Waals surface area contributed by atoms with Crippen molar-refractivity contribution in [1.29, 1.82) is 0 Å². The first kappa shape index (κ1) is 34.3. The number of carbonyl (C=O) groups excluding carboxylic acids is 3. The first-order chi connectivity index (χ1) is 21.9. The Kier molecular flexibility index (Phi) is 10.3. The Hall–Kier alpha value is -1.54. The van der Waals surface area contributed by atoms with Crippen molar-refractivity contribution in [3.05, 3.63) is 11.6 Å². The van der Waals surface area contributed by atoms with Crippen LogP contribution in [0, 0.1) is 52.3 Å². The van der Waals surface area contributed by atoms with Crippen molar-refractivity contribution in [1.82, 2.24) is 15.6 Å². The van der Waals surface area contributed by atoms with Crippen molar-refractivity contribution in [2.24, 2.45) is 58.1 Å². The van der Waals surface area contributed by atoms with Crippen LogP contribution in [0.3, 0.4) is 0 Å². The number of nitrogens with two attached hydrogens (primary N) is 1. The van der Waals surface area contributed by atoms with Crippen molar-refractivity contribution in [3.8, 4) is 0 Å². The Morgan fingerprint density at radius 1 is 1.02 bits per heavy atom. The molecule has 0 bridgehead atoms.